The van der Waals surface area contributed by atoms with Gasteiger partial charge in [0, 0.05) is 28.6 Å². The lowest BCUT2D eigenvalue weighted by Crippen LogP contribution is -2.08. The molecule has 0 radical (unpaired) electrons. The van der Waals surface area contributed by atoms with Crippen molar-refractivity contribution in [3.8, 4) is 0 Å². The van der Waals surface area contributed by atoms with Crippen molar-refractivity contribution in [1.82, 2.24) is 4.57 Å². The molecule has 0 bridgehead atoms. The Hall–Kier alpha value is -2.00. The molecular formula is C13H15FN4. The van der Waals surface area contributed by atoms with E-state index in [9.17, 15) is 4.39 Å². The van der Waals surface area contributed by atoms with Gasteiger partial charge in [-0.05, 0) is 35.7 Å². The van der Waals surface area contributed by atoms with Gasteiger partial charge in [-0.15, -0.1) is 0 Å². The summed E-state index contributed by atoms with van der Waals surface area (Å²) in [6.07, 6.45) is 2.86. The zero-order valence-corrected chi connectivity index (χ0v) is 10.5. The number of rotatable bonds is 4. The first-order chi connectivity index (χ1) is 8.65. The SMILES string of the molecule is CCc1cn(C[C@H](C)N=[N+]=[N-])c2ccc(F)cc12. The molecule has 0 spiro atoms. The number of azide groups is 1. The molecule has 4 nitrogen and oxygen atoms in total. The summed E-state index contributed by atoms with van der Waals surface area (Å²) in [5, 5.41) is 4.60. The molecule has 0 saturated carbocycles. The monoisotopic (exact) mass is 246 g/mol. The van der Waals surface area contributed by atoms with Gasteiger partial charge in [0.1, 0.15) is 5.82 Å². The molecule has 0 aliphatic rings. The Bertz CT molecular complexity index is 611. The van der Waals surface area contributed by atoms with Crippen LogP contribution in [0, 0.1) is 5.82 Å². The minimum absolute atomic E-state index is 0.125. The summed E-state index contributed by atoms with van der Waals surface area (Å²) < 4.78 is 15.3. The zero-order chi connectivity index (χ0) is 13.1. The lowest BCUT2D eigenvalue weighted by molar-refractivity contribution is 0.600. The van der Waals surface area contributed by atoms with Crippen molar-refractivity contribution >= 4 is 10.9 Å². The molecule has 94 valence electrons. The normalized spacial score (nSPS) is 12.4. The third kappa shape index (κ3) is 2.31. The second kappa shape index (κ2) is 5.10. The summed E-state index contributed by atoms with van der Waals surface area (Å²) in [7, 11) is 0. The van der Waals surface area contributed by atoms with E-state index in [0.717, 1.165) is 22.9 Å². The Morgan fingerprint density at radius 3 is 2.94 bits per heavy atom. The smallest absolute Gasteiger partial charge is 0.123 e. The van der Waals surface area contributed by atoms with Crippen molar-refractivity contribution in [2.75, 3.05) is 0 Å². The molecule has 2 aromatic rings. The third-order valence-electron chi connectivity index (χ3n) is 3.02. The van der Waals surface area contributed by atoms with Crippen LogP contribution in [-0.4, -0.2) is 10.6 Å². The highest BCUT2D eigenvalue weighted by Crippen LogP contribution is 2.23. The van der Waals surface area contributed by atoms with E-state index in [1.54, 1.807) is 12.1 Å². The van der Waals surface area contributed by atoms with Crippen molar-refractivity contribution in [3.05, 3.63) is 46.2 Å². The van der Waals surface area contributed by atoms with Crippen LogP contribution < -0.4 is 0 Å². The lowest BCUT2D eigenvalue weighted by Gasteiger charge is -2.07. The van der Waals surface area contributed by atoms with Crippen molar-refractivity contribution in [1.29, 1.82) is 0 Å². The van der Waals surface area contributed by atoms with Gasteiger partial charge in [0.05, 0.1) is 6.04 Å². The van der Waals surface area contributed by atoms with Crippen LogP contribution in [0.15, 0.2) is 29.5 Å². The van der Waals surface area contributed by atoms with Crippen LogP contribution in [0.1, 0.15) is 19.4 Å². The number of benzene rings is 1. The van der Waals surface area contributed by atoms with Gasteiger partial charge in [-0.25, -0.2) is 4.39 Å². The van der Waals surface area contributed by atoms with Crippen LogP contribution in [0.2, 0.25) is 0 Å². The van der Waals surface area contributed by atoms with E-state index < -0.39 is 0 Å². The van der Waals surface area contributed by atoms with E-state index in [2.05, 4.69) is 10.0 Å². The maximum absolute atomic E-state index is 13.3. The molecule has 1 aromatic heterocycles. The summed E-state index contributed by atoms with van der Waals surface area (Å²) in [4.78, 5) is 2.80. The standard InChI is InChI=1S/C13H15FN4/c1-3-10-8-18(7-9(2)16-17-15)13-5-4-11(14)6-12(10)13/h4-6,8-9H,3,7H2,1-2H3/t9-/m0/s1. The average Bonchev–Trinajstić information content (AvgIpc) is 2.67. The van der Waals surface area contributed by atoms with Gasteiger partial charge in [0.2, 0.25) is 0 Å². The van der Waals surface area contributed by atoms with Crippen molar-refractivity contribution in [3.63, 3.8) is 0 Å². The molecule has 0 aliphatic heterocycles. The Balaban J connectivity index is 2.48. The summed E-state index contributed by atoms with van der Waals surface area (Å²) in [5.41, 5.74) is 10.5. The molecular weight excluding hydrogens is 231 g/mol. The fraction of sp³-hybridized carbons (Fsp3) is 0.385. The van der Waals surface area contributed by atoms with Gasteiger partial charge in [-0.3, -0.25) is 0 Å². The van der Waals surface area contributed by atoms with E-state index >= 15 is 0 Å². The van der Waals surface area contributed by atoms with Crippen LogP contribution in [0.3, 0.4) is 0 Å². The number of hydrogen-bond donors (Lipinski definition) is 0. The fourth-order valence-electron chi connectivity index (χ4n) is 2.19. The lowest BCUT2D eigenvalue weighted by atomic mass is 10.1. The molecule has 2 rings (SSSR count). The number of halogens is 1. The predicted octanol–water partition coefficient (Wildman–Crippen LogP) is 4.04. The molecule has 5 heteroatoms. The maximum atomic E-state index is 13.3. The molecule has 0 fully saturated rings. The molecule has 18 heavy (non-hydrogen) atoms. The molecule has 0 aliphatic carbocycles. The molecule has 0 amide bonds. The highest BCUT2D eigenvalue weighted by molar-refractivity contribution is 5.84. The van der Waals surface area contributed by atoms with Gasteiger partial charge in [0.25, 0.3) is 0 Å². The fourth-order valence-corrected chi connectivity index (χ4v) is 2.19. The second-order valence-corrected chi connectivity index (χ2v) is 4.38. The van der Waals surface area contributed by atoms with Crippen molar-refractivity contribution < 1.29 is 4.39 Å². The van der Waals surface area contributed by atoms with Gasteiger partial charge in [0.15, 0.2) is 0 Å². The minimum Gasteiger partial charge on any atom is -0.347 e. The van der Waals surface area contributed by atoms with Crippen LogP contribution in [0.4, 0.5) is 4.39 Å². The number of fused-ring (bicyclic) bond motifs is 1. The quantitative estimate of drug-likeness (QED) is 0.444. The van der Waals surface area contributed by atoms with E-state index in [-0.39, 0.29) is 11.9 Å². The average molecular weight is 246 g/mol. The predicted molar refractivity (Wildman–Crippen MR) is 69.9 cm³/mol. The number of hydrogen-bond acceptors (Lipinski definition) is 1. The summed E-state index contributed by atoms with van der Waals surface area (Å²) in [6.45, 7) is 4.51. The summed E-state index contributed by atoms with van der Waals surface area (Å²) >= 11 is 0. The molecule has 1 heterocycles. The third-order valence-corrected chi connectivity index (χ3v) is 3.02. The molecule has 0 unspecified atom stereocenters. The minimum atomic E-state index is -0.224. The van der Waals surface area contributed by atoms with Crippen molar-refractivity contribution in [2.24, 2.45) is 5.11 Å². The first-order valence-electron chi connectivity index (χ1n) is 5.97. The number of aromatic nitrogens is 1. The Morgan fingerprint density at radius 2 is 2.28 bits per heavy atom. The first kappa shape index (κ1) is 12.5. The molecule has 0 saturated heterocycles. The highest BCUT2D eigenvalue weighted by atomic mass is 19.1. The van der Waals surface area contributed by atoms with Gasteiger partial charge < -0.3 is 4.57 Å². The molecule has 1 aromatic carbocycles. The number of nitrogens with zero attached hydrogens (tertiary/aromatic N) is 4. The Kier molecular flexibility index (Phi) is 3.53. The van der Waals surface area contributed by atoms with E-state index in [0.29, 0.717) is 6.54 Å². The molecule has 1 atom stereocenters. The van der Waals surface area contributed by atoms with E-state index in [4.69, 9.17) is 5.53 Å². The zero-order valence-electron chi connectivity index (χ0n) is 10.5. The van der Waals surface area contributed by atoms with Crippen molar-refractivity contribution in [2.45, 2.75) is 32.9 Å². The van der Waals surface area contributed by atoms with Gasteiger partial charge in [-0.2, -0.15) is 0 Å². The highest BCUT2D eigenvalue weighted by Gasteiger charge is 2.10. The number of aryl methyl sites for hydroxylation is 1. The Morgan fingerprint density at radius 1 is 1.50 bits per heavy atom. The Labute approximate surface area is 105 Å². The van der Waals surface area contributed by atoms with Crippen LogP contribution >= 0.6 is 0 Å². The molecule has 0 N–H and O–H groups in total. The van der Waals surface area contributed by atoms with Gasteiger partial charge in [-0.1, -0.05) is 19.0 Å². The van der Waals surface area contributed by atoms with E-state index in [1.165, 1.54) is 6.07 Å². The first-order valence-corrected chi connectivity index (χ1v) is 5.97. The largest absolute Gasteiger partial charge is 0.347 e. The van der Waals surface area contributed by atoms with E-state index in [1.807, 2.05) is 24.6 Å². The topological polar surface area (TPSA) is 53.7 Å². The summed E-state index contributed by atoms with van der Waals surface area (Å²) in [5.74, 6) is -0.224. The van der Waals surface area contributed by atoms with Gasteiger partial charge >= 0.3 is 0 Å². The van der Waals surface area contributed by atoms with Crippen LogP contribution in [-0.2, 0) is 13.0 Å². The summed E-state index contributed by atoms with van der Waals surface area (Å²) in [6, 6.07) is 4.66. The second-order valence-electron chi connectivity index (χ2n) is 4.38. The van der Waals surface area contributed by atoms with Crippen LogP contribution in [0.25, 0.3) is 21.3 Å². The maximum Gasteiger partial charge on any atom is 0.123 e. The van der Waals surface area contributed by atoms with Crippen LogP contribution in [0.5, 0.6) is 0 Å².